The molecule has 2 saturated heterocycles. The Hall–Kier alpha value is -0.650. The van der Waals surface area contributed by atoms with E-state index in [-0.39, 0.29) is 12.5 Å². The zero-order valence-electron chi connectivity index (χ0n) is 10.8. The molecule has 0 aromatic carbocycles. The van der Waals surface area contributed by atoms with Gasteiger partial charge in [-0.05, 0) is 19.3 Å². The molecule has 5 heteroatoms. The van der Waals surface area contributed by atoms with E-state index in [1.54, 1.807) is 0 Å². The zero-order chi connectivity index (χ0) is 12.5. The number of ether oxygens (including phenoxy) is 1. The number of aliphatic carboxylic acids is 1. The smallest absolute Gasteiger partial charge is 0.305 e. The fourth-order valence-corrected chi connectivity index (χ4v) is 3.34. The van der Waals surface area contributed by atoms with E-state index in [9.17, 15) is 4.79 Å². The maximum absolute atomic E-state index is 10.9. The second kappa shape index (κ2) is 5.15. The number of nitrogens with zero attached hydrogens (tertiary/aromatic N) is 2. The van der Waals surface area contributed by atoms with Crippen molar-refractivity contribution >= 4 is 5.97 Å². The molecule has 3 aliphatic rings. The van der Waals surface area contributed by atoms with Gasteiger partial charge in [0.05, 0.1) is 19.6 Å². The van der Waals surface area contributed by atoms with Crippen LogP contribution in [0.3, 0.4) is 0 Å². The Morgan fingerprint density at radius 3 is 2.78 bits per heavy atom. The van der Waals surface area contributed by atoms with E-state index in [4.69, 9.17) is 9.84 Å². The third-order valence-corrected chi connectivity index (χ3v) is 4.41. The Morgan fingerprint density at radius 2 is 2.06 bits per heavy atom. The lowest BCUT2D eigenvalue weighted by atomic mass is 10.1. The van der Waals surface area contributed by atoms with Gasteiger partial charge in [-0.3, -0.25) is 14.6 Å². The summed E-state index contributed by atoms with van der Waals surface area (Å²) in [4.78, 5) is 15.9. The highest BCUT2D eigenvalue weighted by atomic mass is 16.5. The Morgan fingerprint density at radius 1 is 1.22 bits per heavy atom. The summed E-state index contributed by atoms with van der Waals surface area (Å²) in [5.41, 5.74) is 0. The molecule has 0 aromatic heterocycles. The molecule has 2 heterocycles. The number of likely N-dealkylation sites (tertiary alicyclic amines) is 1. The molecule has 2 atom stereocenters. The van der Waals surface area contributed by atoms with E-state index >= 15 is 0 Å². The van der Waals surface area contributed by atoms with Crippen molar-refractivity contribution in [1.29, 1.82) is 0 Å². The van der Waals surface area contributed by atoms with E-state index in [2.05, 4.69) is 9.80 Å². The van der Waals surface area contributed by atoms with Crippen LogP contribution in [-0.4, -0.2) is 71.8 Å². The van der Waals surface area contributed by atoms with E-state index in [1.165, 1.54) is 25.8 Å². The van der Waals surface area contributed by atoms with Crippen LogP contribution in [0.4, 0.5) is 0 Å². The van der Waals surface area contributed by atoms with Gasteiger partial charge in [0.1, 0.15) is 0 Å². The highest BCUT2D eigenvalue weighted by Crippen LogP contribution is 2.32. The molecule has 102 valence electrons. The number of carboxylic acid groups (broad SMARTS) is 1. The molecule has 1 N–H and O–H groups in total. The van der Waals surface area contributed by atoms with Crippen LogP contribution in [0.2, 0.25) is 0 Å². The molecule has 5 nitrogen and oxygen atoms in total. The van der Waals surface area contributed by atoms with Crippen molar-refractivity contribution in [3.63, 3.8) is 0 Å². The second-order valence-corrected chi connectivity index (χ2v) is 5.73. The van der Waals surface area contributed by atoms with Crippen LogP contribution in [-0.2, 0) is 9.53 Å². The van der Waals surface area contributed by atoms with Crippen molar-refractivity contribution in [2.75, 3.05) is 32.8 Å². The highest BCUT2D eigenvalue weighted by molar-refractivity contribution is 5.67. The Kier molecular flexibility index (Phi) is 3.54. The van der Waals surface area contributed by atoms with Crippen molar-refractivity contribution in [3.05, 3.63) is 0 Å². The molecule has 1 saturated carbocycles. The third-order valence-electron chi connectivity index (χ3n) is 4.41. The zero-order valence-corrected chi connectivity index (χ0v) is 10.8. The van der Waals surface area contributed by atoms with E-state index in [0.29, 0.717) is 12.6 Å². The third kappa shape index (κ3) is 2.68. The second-order valence-electron chi connectivity index (χ2n) is 5.73. The molecule has 3 rings (SSSR count). The van der Waals surface area contributed by atoms with Gasteiger partial charge in [-0.1, -0.05) is 0 Å². The van der Waals surface area contributed by atoms with Gasteiger partial charge in [0.15, 0.2) is 0 Å². The highest BCUT2D eigenvalue weighted by Gasteiger charge is 2.39. The van der Waals surface area contributed by atoms with Crippen LogP contribution in [0.15, 0.2) is 0 Å². The average molecular weight is 254 g/mol. The van der Waals surface area contributed by atoms with Crippen molar-refractivity contribution in [2.45, 2.75) is 43.8 Å². The number of morpholine rings is 1. The topological polar surface area (TPSA) is 53.0 Å². The first-order valence-corrected chi connectivity index (χ1v) is 7.03. The minimum Gasteiger partial charge on any atom is -0.481 e. The van der Waals surface area contributed by atoms with Gasteiger partial charge in [-0.15, -0.1) is 0 Å². The summed E-state index contributed by atoms with van der Waals surface area (Å²) in [5, 5.41) is 8.98. The lowest BCUT2D eigenvalue weighted by Crippen LogP contribution is -2.52. The molecule has 18 heavy (non-hydrogen) atoms. The predicted octanol–water partition coefficient (Wildman–Crippen LogP) is 0.399. The molecule has 0 radical (unpaired) electrons. The summed E-state index contributed by atoms with van der Waals surface area (Å²) in [6, 6.07) is 1.44. The molecule has 2 unspecified atom stereocenters. The van der Waals surface area contributed by atoms with Gasteiger partial charge in [-0.25, -0.2) is 0 Å². The van der Waals surface area contributed by atoms with Gasteiger partial charge in [0.25, 0.3) is 0 Å². The predicted molar refractivity (Wildman–Crippen MR) is 66.6 cm³/mol. The minimum absolute atomic E-state index is 0.0698. The first-order chi connectivity index (χ1) is 8.74. The molecule has 2 aliphatic heterocycles. The molecule has 0 amide bonds. The quantitative estimate of drug-likeness (QED) is 0.787. The van der Waals surface area contributed by atoms with Gasteiger partial charge < -0.3 is 9.84 Å². The Bertz CT molecular complexity index is 319. The SMILES string of the molecule is O=C(O)CC1COCCN1C1CCN(C2CC2)C1. The van der Waals surface area contributed by atoms with Crippen LogP contribution >= 0.6 is 0 Å². The molecule has 0 bridgehead atoms. The monoisotopic (exact) mass is 254 g/mol. The Labute approximate surface area is 108 Å². The average Bonchev–Trinajstić information content (AvgIpc) is 3.08. The largest absolute Gasteiger partial charge is 0.481 e. The molecule has 3 fully saturated rings. The fraction of sp³-hybridized carbons (Fsp3) is 0.923. The number of carbonyl (C=O) groups is 1. The fourth-order valence-electron chi connectivity index (χ4n) is 3.34. The molecular formula is C13H22N2O3. The normalized spacial score (nSPS) is 34.9. The van der Waals surface area contributed by atoms with Crippen LogP contribution in [0, 0.1) is 0 Å². The number of rotatable bonds is 4. The van der Waals surface area contributed by atoms with Crippen LogP contribution in [0.1, 0.15) is 25.7 Å². The number of hydrogen-bond donors (Lipinski definition) is 1. The summed E-state index contributed by atoms with van der Waals surface area (Å²) < 4.78 is 5.44. The summed E-state index contributed by atoms with van der Waals surface area (Å²) in [6.07, 6.45) is 4.11. The molecule has 0 aromatic rings. The van der Waals surface area contributed by atoms with Gasteiger partial charge >= 0.3 is 5.97 Å². The van der Waals surface area contributed by atoms with Crippen molar-refractivity contribution < 1.29 is 14.6 Å². The summed E-state index contributed by atoms with van der Waals surface area (Å²) in [5.74, 6) is -0.715. The lowest BCUT2D eigenvalue weighted by molar-refractivity contribution is -0.140. The molecular weight excluding hydrogens is 232 g/mol. The molecule has 0 spiro atoms. The van der Waals surface area contributed by atoms with Crippen LogP contribution < -0.4 is 0 Å². The van der Waals surface area contributed by atoms with Gasteiger partial charge in [0.2, 0.25) is 0 Å². The maximum Gasteiger partial charge on any atom is 0.305 e. The maximum atomic E-state index is 10.9. The van der Waals surface area contributed by atoms with Crippen LogP contribution in [0.5, 0.6) is 0 Å². The van der Waals surface area contributed by atoms with Crippen LogP contribution in [0.25, 0.3) is 0 Å². The van der Waals surface area contributed by atoms with Gasteiger partial charge in [-0.2, -0.15) is 0 Å². The minimum atomic E-state index is -0.715. The first-order valence-electron chi connectivity index (χ1n) is 7.03. The van der Waals surface area contributed by atoms with E-state index in [1.807, 2.05) is 0 Å². The van der Waals surface area contributed by atoms with E-state index in [0.717, 1.165) is 25.7 Å². The Balaban J connectivity index is 1.59. The standard InChI is InChI=1S/C13H22N2O3/c16-13(17)7-12-9-18-6-5-15(12)11-3-4-14(8-11)10-1-2-10/h10-12H,1-9H2,(H,16,17). The summed E-state index contributed by atoms with van der Waals surface area (Å²) in [6.45, 7) is 4.52. The van der Waals surface area contributed by atoms with Crippen molar-refractivity contribution in [3.8, 4) is 0 Å². The molecule has 1 aliphatic carbocycles. The van der Waals surface area contributed by atoms with Crippen molar-refractivity contribution in [1.82, 2.24) is 9.80 Å². The lowest BCUT2D eigenvalue weighted by Gasteiger charge is -2.39. The van der Waals surface area contributed by atoms with Gasteiger partial charge in [0, 0.05) is 37.8 Å². The van der Waals surface area contributed by atoms with E-state index < -0.39 is 5.97 Å². The summed E-state index contributed by atoms with van der Waals surface area (Å²) >= 11 is 0. The number of carboxylic acids is 1. The number of hydrogen-bond acceptors (Lipinski definition) is 4. The summed E-state index contributed by atoms with van der Waals surface area (Å²) in [7, 11) is 0. The van der Waals surface area contributed by atoms with Crippen molar-refractivity contribution in [2.24, 2.45) is 0 Å². The first kappa shape index (κ1) is 12.4.